The zero-order chi connectivity index (χ0) is 18.8. The Morgan fingerprint density at radius 2 is 1.68 bits per heavy atom. The minimum atomic E-state index is 0. The molecule has 3 heterocycles. The number of nitriles is 2. The first-order chi connectivity index (χ1) is 13.2. The van der Waals surface area contributed by atoms with Crippen LogP contribution in [0.4, 0.5) is 5.69 Å². The molecular formula is C23H21IrN3O. The Hall–Kier alpha value is -2.59. The molecule has 0 spiro atoms. The summed E-state index contributed by atoms with van der Waals surface area (Å²) in [6.07, 6.45) is 12.2. The van der Waals surface area contributed by atoms with E-state index in [0.717, 1.165) is 12.8 Å². The molecule has 0 bridgehead atoms. The quantitative estimate of drug-likeness (QED) is 0.510. The summed E-state index contributed by atoms with van der Waals surface area (Å²) < 4.78 is 5.75. The van der Waals surface area contributed by atoms with Crippen molar-refractivity contribution >= 4 is 11.8 Å². The summed E-state index contributed by atoms with van der Waals surface area (Å²) in [6, 6.07) is 8.45. The van der Waals surface area contributed by atoms with E-state index in [1.54, 1.807) is 12.2 Å². The van der Waals surface area contributed by atoms with Crippen LogP contribution in [-0.2, 0) is 37.7 Å². The molecule has 0 fully saturated rings. The van der Waals surface area contributed by atoms with Crippen molar-refractivity contribution in [3.8, 4) is 12.1 Å². The fourth-order valence-corrected chi connectivity index (χ4v) is 4.14. The number of ether oxygens (including phenoxy) is 1. The monoisotopic (exact) mass is 548 g/mol. The molecule has 28 heavy (non-hydrogen) atoms. The van der Waals surface area contributed by atoms with Crippen LogP contribution in [0, 0.1) is 22.7 Å². The summed E-state index contributed by atoms with van der Waals surface area (Å²) in [5, 5.41) is 18.2. The Balaban J connectivity index is 0.00000225. The molecule has 1 aromatic rings. The molecule has 5 heteroatoms. The summed E-state index contributed by atoms with van der Waals surface area (Å²) in [5.41, 5.74) is 6.24. The third-order valence-corrected chi connectivity index (χ3v) is 5.24. The smallest absolute Gasteiger partial charge is 0.137 e. The van der Waals surface area contributed by atoms with Gasteiger partial charge in [-0.05, 0) is 79.7 Å². The predicted molar refractivity (Wildman–Crippen MR) is 106 cm³/mol. The SMILES string of the molecule is CC1=CC(=C(C#N)C#N)C=C(C=Cc2cc3c4c(c2)CCCN4CCC3)O1.[Ir]. The second kappa shape index (κ2) is 8.61. The van der Waals surface area contributed by atoms with Gasteiger partial charge in [0.15, 0.2) is 0 Å². The van der Waals surface area contributed by atoms with Crippen LogP contribution in [0.1, 0.15) is 36.5 Å². The molecule has 3 aliphatic heterocycles. The van der Waals surface area contributed by atoms with Gasteiger partial charge in [-0.3, -0.25) is 0 Å². The van der Waals surface area contributed by atoms with E-state index in [0.29, 0.717) is 17.1 Å². The first-order valence-corrected chi connectivity index (χ1v) is 9.39. The van der Waals surface area contributed by atoms with Crippen molar-refractivity contribution < 1.29 is 24.8 Å². The van der Waals surface area contributed by atoms with Crippen LogP contribution in [0.3, 0.4) is 0 Å². The van der Waals surface area contributed by atoms with E-state index in [1.165, 1.54) is 48.3 Å². The summed E-state index contributed by atoms with van der Waals surface area (Å²) in [5.74, 6) is 1.31. The van der Waals surface area contributed by atoms with Gasteiger partial charge in [0.25, 0.3) is 0 Å². The Kier molecular flexibility index (Phi) is 6.20. The van der Waals surface area contributed by atoms with Gasteiger partial charge in [-0.25, -0.2) is 0 Å². The van der Waals surface area contributed by atoms with Crippen LogP contribution >= 0.6 is 0 Å². The van der Waals surface area contributed by atoms with E-state index >= 15 is 0 Å². The van der Waals surface area contributed by atoms with E-state index < -0.39 is 0 Å². The number of allylic oxidation sites excluding steroid dienone is 6. The van der Waals surface area contributed by atoms with Gasteiger partial charge in [-0.1, -0.05) is 6.08 Å². The fraction of sp³-hybridized carbons (Fsp3) is 0.304. The van der Waals surface area contributed by atoms with Crippen molar-refractivity contribution in [2.45, 2.75) is 32.6 Å². The summed E-state index contributed by atoms with van der Waals surface area (Å²) in [6.45, 7) is 4.18. The molecule has 0 amide bonds. The molecule has 0 saturated carbocycles. The molecule has 143 valence electrons. The molecular weight excluding hydrogens is 526 g/mol. The van der Waals surface area contributed by atoms with Crippen molar-refractivity contribution in [1.82, 2.24) is 0 Å². The van der Waals surface area contributed by atoms with E-state index in [2.05, 4.69) is 23.1 Å². The number of hydrogen-bond donors (Lipinski definition) is 0. The van der Waals surface area contributed by atoms with Gasteiger partial charge in [0.2, 0.25) is 0 Å². The van der Waals surface area contributed by atoms with E-state index in [-0.39, 0.29) is 25.7 Å². The molecule has 0 saturated heterocycles. The molecule has 4 rings (SSSR count). The largest absolute Gasteiger partial charge is 0.462 e. The van der Waals surface area contributed by atoms with Gasteiger partial charge >= 0.3 is 0 Å². The molecule has 0 atom stereocenters. The topological polar surface area (TPSA) is 60.0 Å². The Morgan fingerprint density at radius 3 is 2.29 bits per heavy atom. The Bertz CT molecular complexity index is 955. The summed E-state index contributed by atoms with van der Waals surface area (Å²) >= 11 is 0. The zero-order valence-electron chi connectivity index (χ0n) is 15.8. The fourth-order valence-electron chi connectivity index (χ4n) is 4.14. The Labute approximate surface area is 179 Å². The second-order valence-corrected chi connectivity index (χ2v) is 7.17. The number of benzene rings is 1. The van der Waals surface area contributed by atoms with Crippen molar-refractivity contribution in [1.29, 1.82) is 10.5 Å². The van der Waals surface area contributed by atoms with Crippen LogP contribution in [0.15, 0.2) is 53.0 Å². The molecule has 0 unspecified atom stereocenters. The maximum atomic E-state index is 9.10. The van der Waals surface area contributed by atoms with Crippen molar-refractivity contribution in [3.05, 3.63) is 69.7 Å². The molecule has 1 radical (unpaired) electrons. The van der Waals surface area contributed by atoms with Gasteiger partial charge in [0, 0.05) is 44.5 Å². The minimum Gasteiger partial charge on any atom is -0.462 e. The molecule has 0 aliphatic carbocycles. The van der Waals surface area contributed by atoms with Crippen LogP contribution in [-0.4, -0.2) is 13.1 Å². The first-order valence-electron chi connectivity index (χ1n) is 9.39. The van der Waals surface area contributed by atoms with Gasteiger partial charge in [-0.15, -0.1) is 0 Å². The standard InChI is InChI=1S/C23H21N3O.Ir/c1-16-10-20(21(14-24)15-25)13-22(27-16)7-6-17-11-18-4-2-8-26-9-3-5-19(12-17)23(18)26;/h6-7,10-13H,2-5,8-9H2,1H3;. The third kappa shape index (κ3) is 3.97. The number of aryl methyl sites for hydroxylation is 2. The normalized spacial score (nSPS) is 17.4. The maximum absolute atomic E-state index is 9.10. The number of hydrogen-bond acceptors (Lipinski definition) is 4. The van der Waals surface area contributed by atoms with Crippen molar-refractivity contribution in [2.75, 3.05) is 18.0 Å². The Morgan fingerprint density at radius 1 is 1.04 bits per heavy atom. The number of nitrogens with zero attached hydrogens (tertiary/aromatic N) is 3. The van der Waals surface area contributed by atoms with Gasteiger partial charge < -0.3 is 9.64 Å². The first kappa shape index (κ1) is 20.2. The summed E-state index contributed by atoms with van der Waals surface area (Å²) in [4.78, 5) is 2.54. The van der Waals surface area contributed by atoms with Crippen LogP contribution in [0.25, 0.3) is 6.08 Å². The third-order valence-electron chi connectivity index (χ3n) is 5.24. The average Bonchev–Trinajstić information content (AvgIpc) is 2.67. The molecule has 0 N–H and O–H groups in total. The molecule has 3 aliphatic rings. The molecule has 1 aromatic carbocycles. The van der Waals surface area contributed by atoms with E-state index in [9.17, 15) is 0 Å². The average molecular weight is 548 g/mol. The van der Waals surface area contributed by atoms with Crippen molar-refractivity contribution in [3.63, 3.8) is 0 Å². The molecule has 4 nitrogen and oxygen atoms in total. The second-order valence-electron chi connectivity index (χ2n) is 7.17. The van der Waals surface area contributed by atoms with Crippen LogP contribution in [0.5, 0.6) is 0 Å². The van der Waals surface area contributed by atoms with Gasteiger partial charge in [0.05, 0.1) is 0 Å². The van der Waals surface area contributed by atoms with Crippen LogP contribution < -0.4 is 4.90 Å². The minimum absolute atomic E-state index is 0. The van der Waals surface area contributed by atoms with Crippen LogP contribution in [0.2, 0.25) is 0 Å². The number of rotatable bonds is 2. The zero-order valence-corrected chi connectivity index (χ0v) is 18.2. The predicted octanol–water partition coefficient (Wildman–Crippen LogP) is 4.56. The summed E-state index contributed by atoms with van der Waals surface area (Å²) in [7, 11) is 0. The maximum Gasteiger partial charge on any atom is 0.137 e. The number of anilines is 1. The van der Waals surface area contributed by atoms with E-state index in [1.807, 2.05) is 25.1 Å². The van der Waals surface area contributed by atoms with Crippen molar-refractivity contribution in [2.24, 2.45) is 0 Å². The molecule has 0 aromatic heterocycles. The van der Waals surface area contributed by atoms with Gasteiger partial charge in [0.1, 0.15) is 29.2 Å². The van der Waals surface area contributed by atoms with Gasteiger partial charge in [-0.2, -0.15) is 10.5 Å². The van der Waals surface area contributed by atoms with E-state index in [4.69, 9.17) is 15.3 Å².